The largest absolute Gasteiger partial charge is 0.490 e. The molecule has 8 heteroatoms. The van der Waals surface area contributed by atoms with Crippen LogP contribution in [0, 0.1) is 5.92 Å². The predicted octanol–water partition coefficient (Wildman–Crippen LogP) is 1.85. The zero-order chi connectivity index (χ0) is 17.9. The number of hydrogen-bond donors (Lipinski definition) is 1. The number of rotatable bonds is 4. The van der Waals surface area contributed by atoms with Crippen molar-refractivity contribution in [1.82, 2.24) is 4.31 Å². The minimum absolute atomic E-state index is 0.0805. The van der Waals surface area contributed by atoms with Crippen LogP contribution in [0.4, 0.5) is 5.69 Å². The molecule has 1 aromatic rings. The summed E-state index contributed by atoms with van der Waals surface area (Å²) in [6.07, 6.45) is 1.90. The Balaban J connectivity index is 1.59. The van der Waals surface area contributed by atoms with Crippen LogP contribution < -0.4 is 14.8 Å². The van der Waals surface area contributed by atoms with Gasteiger partial charge in [0.2, 0.25) is 15.9 Å². The smallest absolute Gasteiger partial charge is 0.227 e. The average molecular weight is 368 g/mol. The maximum Gasteiger partial charge on any atom is 0.227 e. The van der Waals surface area contributed by atoms with E-state index in [-0.39, 0.29) is 17.6 Å². The molecule has 0 radical (unpaired) electrons. The summed E-state index contributed by atoms with van der Waals surface area (Å²) in [6.45, 7) is 3.65. The Morgan fingerprint density at radius 1 is 1.20 bits per heavy atom. The quantitative estimate of drug-likeness (QED) is 0.877. The van der Waals surface area contributed by atoms with Crippen LogP contribution in [0.3, 0.4) is 0 Å². The molecule has 0 aliphatic carbocycles. The average Bonchev–Trinajstić information content (AvgIpc) is 2.86. The van der Waals surface area contributed by atoms with Crippen molar-refractivity contribution >= 4 is 21.6 Å². The lowest BCUT2D eigenvalue weighted by Crippen LogP contribution is -2.42. The zero-order valence-corrected chi connectivity index (χ0v) is 15.2. The molecule has 7 nitrogen and oxygen atoms in total. The number of carbonyl (C=O) groups excluding carboxylic acids is 1. The molecular weight excluding hydrogens is 344 g/mol. The van der Waals surface area contributed by atoms with Crippen LogP contribution in [0.2, 0.25) is 0 Å². The van der Waals surface area contributed by atoms with E-state index < -0.39 is 10.0 Å². The molecule has 1 saturated heterocycles. The Labute approximate surface area is 148 Å². The number of amides is 1. The summed E-state index contributed by atoms with van der Waals surface area (Å²) in [7, 11) is -3.17. The third kappa shape index (κ3) is 4.24. The molecule has 2 heterocycles. The van der Waals surface area contributed by atoms with Gasteiger partial charge in [-0.25, -0.2) is 12.7 Å². The van der Waals surface area contributed by atoms with Gasteiger partial charge in [0.1, 0.15) is 0 Å². The SMILES string of the molecule is CCS(=O)(=O)N1CCC(C(=O)Nc2ccc3c(c2)OCCCO3)CC1. The standard InChI is InChI=1S/C17H24N2O5S/c1-2-25(21,22)19-8-6-13(7-9-19)17(20)18-14-4-5-15-16(12-14)24-11-3-10-23-15/h4-5,12-13H,2-3,6-11H2,1H3,(H,18,20). The van der Waals surface area contributed by atoms with Gasteiger partial charge in [0, 0.05) is 37.2 Å². The Morgan fingerprint density at radius 2 is 1.88 bits per heavy atom. The van der Waals surface area contributed by atoms with Crippen LogP contribution in [-0.4, -0.2) is 50.7 Å². The Bertz CT molecular complexity index is 727. The Morgan fingerprint density at radius 3 is 2.56 bits per heavy atom. The van der Waals surface area contributed by atoms with E-state index in [1.54, 1.807) is 25.1 Å². The molecule has 2 aliphatic rings. The van der Waals surface area contributed by atoms with Gasteiger partial charge in [-0.1, -0.05) is 0 Å². The Hall–Kier alpha value is -1.80. The van der Waals surface area contributed by atoms with E-state index in [0.717, 1.165) is 6.42 Å². The van der Waals surface area contributed by atoms with E-state index in [2.05, 4.69) is 5.32 Å². The molecule has 1 amide bonds. The minimum atomic E-state index is -3.17. The number of carbonyl (C=O) groups is 1. The van der Waals surface area contributed by atoms with Gasteiger partial charge in [-0.2, -0.15) is 0 Å². The summed E-state index contributed by atoms with van der Waals surface area (Å²) in [5, 5.41) is 2.91. The molecule has 0 saturated carbocycles. The van der Waals surface area contributed by atoms with Gasteiger partial charge in [-0.3, -0.25) is 4.79 Å². The summed E-state index contributed by atoms with van der Waals surface area (Å²) >= 11 is 0. The van der Waals surface area contributed by atoms with Crippen molar-refractivity contribution in [3.63, 3.8) is 0 Å². The number of sulfonamides is 1. The molecule has 1 fully saturated rings. The topological polar surface area (TPSA) is 84.9 Å². The molecular formula is C17H24N2O5S. The fraction of sp³-hybridized carbons (Fsp3) is 0.588. The maximum atomic E-state index is 12.5. The third-order valence-electron chi connectivity index (χ3n) is 4.60. The number of nitrogens with one attached hydrogen (secondary N) is 1. The van der Waals surface area contributed by atoms with E-state index in [0.29, 0.717) is 56.3 Å². The van der Waals surface area contributed by atoms with E-state index in [1.165, 1.54) is 4.31 Å². The maximum absolute atomic E-state index is 12.5. The van der Waals surface area contributed by atoms with Crippen molar-refractivity contribution in [3.8, 4) is 11.5 Å². The highest BCUT2D eigenvalue weighted by Crippen LogP contribution is 2.32. The van der Waals surface area contributed by atoms with Crippen LogP contribution in [0.1, 0.15) is 26.2 Å². The first-order valence-electron chi connectivity index (χ1n) is 8.68. The third-order valence-corrected chi connectivity index (χ3v) is 6.48. The van der Waals surface area contributed by atoms with Gasteiger partial charge in [0.05, 0.1) is 19.0 Å². The first-order valence-corrected chi connectivity index (χ1v) is 10.3. The van der Waals surface area contributed by atoms with Crippen molar-refractivity contribution in [2.24, 2.45) is 5.92 Å². The molecule has 0 unspecified atom stereocenters. The van der Waals surface area contributed by atoms with Crippen molar-refractivity contribution in [2.45, 2.75) is 26.2 Å². The first-order chi connectivity index (χ1) is 12.0. The van der Waals surface area contributed by atoms with Gasteiger partial charge in [0.25, 0.3) is 0 Å². The molecule has 0 atom stereocenters. The number of fused-ring (bicyclic) bond motifs is 1. The van der Waals surface area contributed by atoms with E-state index in [4.69, 9.17) is 9.47 Å². The number of benzene rings is 1. The van der Waals surface area contributed by atoms with Crippen LogP contribution >= 0.6 is 0 Å². The van der Waals surface area contributed by atoms with Gasteiger partial charge in [0.15, 0.2) is 11.5 Å². The zero-order valence-electron chi connectivity index (χ0n) is 14.4. The highest BCUT2D eigenvalue weighted by Gasteiger charge is 2.30. The molecule has 3 rings (SSSR count). The molecule has 138 valence electrons. The second-order valence-corrected chi connectivity index (χ2v) is 8.53. The second-order valence-electron chi connectivity index (χ2n) is 6.28. The van der Waals surface area contributed by atoms with Gasteiger partial charge in [-0.15, -0.1) is 0 Å². The molecule has 1 N–H and O–H groups in total. The normalized spacial score (nSPS) is 19.2. The lowest BCUT2D eigenvalue weighted by Gasteiger charge is -2.30. The summed E-state index contributed by atoms with van der Waals surface area (Å²) < 4.78 is 36.5. The molecule has 2 aliphatic heterocycles. The van der Waals surface area contributed by atoms with Gasteiger partial charge in [-0.05, 0) is 31.9 Å². The lowest BCUT2D eigenvalue weighted by molar-refractivity contribution is -0.120. The second kappa shape index (κ2) is 7.61. The highest BCUT2D eigenvalue weighted by molar-refractivity contribution is 7.89. The van der Waals surface area contributed by atoms with Crippen molar-refractivity contribution in [2.75, 3.05) is 37.4 Å². The van der Waals surface area contributed by atoms with Gasteiger partial charge >= 0.3 is 0 Å². The Kier molecular flexibility index (Phi) is 5.48. The number of nitrogens with zero attached hydrogens (tertiary/aromatic N) is 1. The highest BCUT2D eigenvalue weighted by atomic mass is 32.2. The minimum Gasteiger partial charge on any atom is -0.490 e. The molecule has 25 heavy (non-hydrogen) atoms. The molecule has 0 aromatic heterocycles. The van der Waals surface area contributed by atoms with Crippen molar-refractivity contribution in [3.05, 3.63) is 18.2 Å². The summed E-state index contributed by atoms with van der Waals surface area (Å²) in [5.74, 6) is 1.16. The van der Waals surface area contributed by atoms with Crippen LogP contribution in [0.5, 0.6) is 11.5 Å². The van der Waals surface area contributed by atoms with Crippen LogP contribution in [0.15, 0.2) is 18.2 Å². The van der Waals surface area contributed by atoms with Crippen molar-refractivity contribution < 1.29 is 22.7 Å². The fourth-order valence-corrected chi connectivity index (χ4v) is 4.20. The predicted molar refractivity (Wildman–Crippen MR) is 94.4 cm³/mol. The monoisotopic (exact) mass is 368 g/mol. The van der Waals surface area contributed by atoms with Crippen LogP contribution in [-0.2, 0) is 14.8 Å². The summed E-state index contributed by atoms with van der Waals surface area (Å²) in [4.78, 5) is 12.5. The fourth-order valence-electron chi connectivity index (χ4n) is 3.06. The number of hydrogen-bond acceptors (Lipinski definition) is 5. The number of anilines is 1. The molecule has 0 bridgehead atoms. The molecule has 0 spiro atoms. The number of piperidine rings is 1. The number of ether oxygens (including phenoxy) is 2. The molecule has 1 aromatic carbocycles. The van der Waals surface area contributed by atoms with Crippen LogP contribution in [0.25, 0.3) is 0 Å². The van der Waals surface area contributed by atoms with Crippen molar-refractivity contribution in [1.29, 1.82) is 0 Å². The van der Waals surface area contributed by atoms with E-state index >= 15 is 0 Å². The lowest BCUT2D eigenvalue weighted by atomic mass is 9.97. The summed E-state index contributed by atoms with van der Waals surface area (Å²) in [5.41, 5.74) is 0.665. The van der Waals surface area contributed by atoms with E-state index in [9.17, 15) is 13.2 Å². The summed E-state index contributed by atoms with van der Waals surface area (Å²) in [6, 6.07) is 5.37. The van der Waals surface area contributed by atoms with E-state index in [1.807, 2.05) is 0 Å². The van der Waals surface area contributed by atoms with Gasteiger partial charge < -0.3 is 14.8 Å². The first kappa shape index (κ1) is 18.0.